The molecule has 0 fully saturated rings. The van der Waals surface area contributed by atoms with Crippen LogP contribution in [0.2, 0.25) is 0 Å². The lowest BCUT2D eigenvalue weighted by Gasteiger charge is -1.80. The second-order valence-electron chi connectivity index (χ2n) is 1.34. The maximum atomic E-state index is 3.88. The molecule has 0 amide bonds. The van der Waals surface area contributed by atoms with Crippen LogP contribution in [0.1, 0.15) is 19.5 Å². The van der Waals surface area contributed by atoms with Crippen LogP contribution in [0, 0.1) is 0 Å². The highest BCUT2D eigenvalue weighted by molar-refractivity contribution is 6.99. The molecule has 1 aromatic rings. The Morgan fingerprint density at radius 2 is 2.09 bits per heavy atom. The zero-order valence-electron chi connectivity index (χ0n) is 6.74. The van der Waals surface area contributed by atoms with Gasteiger partial charge in [0.1, 0.15) is 5.69 Å². The minimum Gasteiger partial charge on any atom is -0.242 e. The molecule has 1 rings (SSSR count). The molecule has 0 saturated carbocycles. The Morgan fingerprint density at radius 3 is 2.45 bits per heavy atom. The molecule has 0 aliphatic carbocycles. The van der Waals surface area contributed by atoms with E-state index in [2.05, 4.69) is 27.0 Å². The molecule has 0 radical (unpaired) electrons. The lowest BCUT2D eigenvalue weighted by atomic mass is 10.4. The predicted molar refractivity (Wildman–Crippen MR) is 50.6 cm³/mol. The van der Waals surface area contributed by atoms with Gasteiger partial charge in [-0.3, -0.25) is 0 Å². The van der Waals surface area contributed by atoms with Crippen LogP contribution in [0.25, 0.3) is 6.08 Å². The third kappa shape index (κ3) is 2.59. The molecule has 3 nitrogen and oxygen atoms in total. The fourth-order valence-corrected chi connectivity index (χ4v) is 0.943. The Hall–Kier alpha value is -1.03. The van der Waals surface area contributed by atoms with E-state index >= 15 is 0 Å². The van der Waals surface area contributed by atoms with Crippen molar-refractivity contribution in [3.8, 4) is 0 Å². The van der Waals surface area contributed by atoms with Gasteiger partial charge in [0.05, 0.1) is 11.7 Å². The van der Waals surface area contributed by atoms with Crippen molar-refractivity contribution < 1.29 is 0 Å². The van der Waals surface area contributed by atoms with E-state index in [-0.39, 0.29) is 0 Å². The molecule has 0 atom stereocenters. The van der Waals surface area contributed by atoms with Gasteiger partial charge in [-0.25, -0.2) is 4.99 Å². The number of aromatic nitrogens is 2. The fourth-order valence-electron chi connectivity index (χ4n) is 0.429. The van der Waals surface area contributed by atoms with Gasteiger partial charge in [0.25, 0.3) is 0 Å². The summed E-state index contributed by atoms with van der Waals surface area (Å²) in [5, 5.41) is 0. The second kappa shape index (κ2) is 5.73. The van der Waals surface area contributed by atoms with Gasteiger partial charge < -0.3 is 0 Å². The Kier molecular flexibility index (Phi) is 5.20. The number of nitrogens with zero attached hydrogens (tertiary/aromatic N) is 3. The van der Waals surface area contributed by atoms with E-state index in [0.29, 0.717) is 11.5 Å². The van der Waals surface area contributed by atoms with Crippen LogP contribution < -0.4 is 0 Å². The average Bonchev–Trinajstić information content (AvgIpc) is 2.54. The highest BCUT2D eigenvalue weighted by Crippen LogP contribution is 2.14. The van der Waals surface area contributed by atoms with Gasteiger partial charge in [-0.15, -0.1) is 0 Å². The van der Waals surface area contributed by atoms with E-state index in [0.717, 1.165) is 11.7 Å². The van der Waals surface area contributed by atoms with Crippen molar-refractivity contribution in [2.24, 2.45) is 4.99 Å². The first-order chi connectivity index (χ1) is 5.38. The van der Waals surface area contributed by atoms with Crippen LogP contribution >= 0.6 is 11.7 Å². The van der Waals surface area contributed by atoms with Crippen molar-refractivity contribution >= 4 is 30.3 Å². The summed E-state index contributed by atoms with van der Waals surface area (Å²) in [6.07, 6.45) is 1.60. The molecule has 0 spiro atoms. The molecule has 0 bridgehead atoms. The third-order valence-corrected chi connectivity index (χ3v) is 1.37. The molecule has 1 aromatic heterocycles. The lowest BCUT2D eigenvalue weighted by molar-refractivity contribution is 1.40. The first-order valence-electron chi connectivity index (χ1n) is 3.30. The second-order valence-corrected chi connectivity index (χ2v) is 1.86. The van der Waals surface area contributed by atoms with Crippen molar-refractivity contribution in [1.29, 1.82) is 0 Å². The number of hydrogen-bond donors (Lipinski definition) is 0. The van der Waals surface area contributed by atoms with E-state index < -0.39 is 0 Å². The number of hydrogen-bond acceptors (Lipinski definition) is 4. The van der Waals surface area contributed by atoms with Crippen LogP contribution in [-0.2, 0) is 0 Å². The SMILES string of the molecule is C=Cc1nsnc1N=C.CC. The summed E-state index contributed by atoms with van der Waals surface area (Å²) in [5.74, 6) is 0.565. The maximum Gasteiger partial charge on any atom is 0.192 e. The minimum atomic E-state index is 0.565. The molecule has 0 aromatic carbocycles. The number of rotatable bonds is 2. The minimum absolute atomic E-state index is 0.565. The van der Waals surface area contributed by atoms with Crippen molar-refractivity contribution in [1.82, 2.24) is 8.75 Å². The normalized spacial score (nSPS) is 7.82. The smallest absolute Gasteiger partial charge is 0.192 e. The summed E-state index contributed by atoms with van der Waals surface area (Å²) in [4.78, 5) is 3.62. The summed E-state index contributed by atoms with van der Waals surface area (Å²) in [6.45, 7) is 10.8. The summed E-state index contributed by atoms with van der Waals surface area (Å²) < 4.78 is 7.72. The van der Waals surface area contributed by atoms with Crippen LogP contribution in [0.15, 0.2) is 11.6 Å². The van der Waals surface area contributed by atoms with Crippen molar-refractivity contribution in [2.45, 2.75) is 13.8 Å². The molecule has 1 heterocycles. The summed E-state index contributed by atoms with van der Waals surface area (Å²) in [7, 11) is 0. The van der Waals surface area contributed by atoms with E-state index in [1.807, 2.05) is 13.8 Å². The predicted octanol–water partition coefficient (Wildman–Crippen LogP) is 2.54. The summed E-state index contributed by atoms with van der Waals surface area (Å²) in [5.41, 5.74) is 0.704. The molecule has 0 aliphatic rings. The van der Waals surface area contributed by atoms with Crippen molar-refractivity contribution in [3.63, 3.8) is 0 Å². The van der Waals surface area contributed by atoms with Crippen LogP contribution in [-0.4, -0.2) is 15.5 Å². The molecule has 4 heteroatoms. The molecule has 0 N–H and O–H groups in total. The first kappa shape index (κ1) is 9.97. The van der Waals surface area contributed by atoms with Crippen LogP contribution in [0.5, 0.6) is 0 Å². The standard InChI is InChI=1S/C5H5N3S.C2H6/c1-3-4-5(6-2)8-9-7-4;1-2/h3H,1-2H2;1-2H3. The molecular weight excluding hydrogens is 158 g/mol. The van der Waals surface area contributed by atoms with Gasteiger partial charge in [0, 0.05) is 0 Å². The molecule has 0 aliphatic heterocycles. The van der Waals surface area contributed by atoms with Gasteiger partial charge in [0.2, 0.25) is 0 Å². The highest BCUT2D eigenvalue weighted by atomic mass is 32.1. The van der Waals surface area contributed by atoms with Gasteiger partial charge >= 0.3 is 0 Å². The summed E-state index contributed by atoms with van der Waals surface area (Å²) in [6, 6.07) is 0. The van der Waals surface area contributed by atoms with Gasteiger partial charge in [0.15, 0.2) is 5.82 Å². The monoisotopic (exact) mass is 169 g/mol. The zero-order chi connectivity index (χ0) is 8.69. The Labute approximate surface area is 70.8 Å². The Morgan fingerprint density at radius 1 is 1.45 bits per heavy atom. The summed E-state index contributed by atoms with van der Waals surface area (Å²) >= 11 is 1.11. The average molecular weight is 169 g/mol. The van der Waals surface area contributed by atoms with Crippen LogP contribution in [0.4, 0.5) is 5.82 Å². The molecule has 11 heavy (non-hydrogen) atoms. The Bertz CT molecular complexity index is 207. The fraction of sp³-hybridized carbons (Fsp3) is 0.286. The first-order valence-corrected chi connectivity index (χ1v) is 4.03. The highest BCUT2D eigenvalue weighted by Gasteiger charge is 1.98. The zero-order valence-corrected chi connectivity index (χ0v) is 7.56. The molecule has 60 valence electrons. The van der Waals surface area contributed by atoms with Gasteiger partial charge in [-0.05, 0) is 12.8 Å². The van der Waals surface area contributed by atoms with Crippen molar-refractivity contribution in [3.05, 3.63) is 12.3 Å². The lowest BCUT2D eigenvalue weighted by Crippen LogP contribution is -1.66. The Balaban J connectivity index is 0.000000461. The molecule has 0 unspecified atom stereocenters. The van der Waals surface area contributed by atoms with Gasteiger partial charge in [-0.2, -0.15) is 8.75 Å². The topological polar surface area (TPSA) is 38.1 Å². The maximum absolute atomic E-state index is 3.88. The largest absolute Gasteiger partial charge is 0.242 e. The van der Waals surface area contributed by atoms with E-state index in [1.54, 1.807) is 6.08 Å². The van der Waals surface area contributed by atoms with E-state index in [4.69, 9.17) is 0 Å². The molecule has 0 saturated heterocycles. The third-order valence-electron chi connectivity index (χ3n) is 0.839. The van der Waals surface area contributed by atoms with Crippen LogP contribution in [0.3, 0.4) is 0 Å². The quantitative estimate of drug-likeness (QED) is 0.638. The van der Waals surface area contributed by atoms with E-state index in [1.165, 1.54) is 0 Å². The number of aliphatic imine (C=N–C) groups is 1. The molecular formula is C7H11N3S. The van der Waals surface area contributed by atoms with E-state index in [9.17, 15) is 0 Å². The van der Waals surface area contributed by atoms with Gasteiger partial charge in [-0.1, -0.05) is 20.4 Å². The van der Waals surface area contributed by atoms with Crippen molar-refractivity contribution in [2.75, 3.05) is 0 Å².